The number of ether oxygens (including phenoxy) is 1. The first kappa shape index (κ1) is 23.4. The van der Waals surface area contributed by atoms with E-state index in [4.69, 9.17) is 8.92 Å². The monoisotopic (exact) mass is 483 g/mol. The van der Waals surface area contributed by atoms with Gasteiger partial charge in [-0.25, -0.2) is 4.98 Å². The molecule has 0 atom stereocenters. The summed E-state index contributed by atoms with van der Waals surface area (Å²) in [4.78, 5) is 24.2. The van der Waals surface area contributed by atoms with Crippen molar-refractivity contribution in [2.75, 3.05) is 6.61 Å². The summed E-state index contributed by atoms with van der Waals surface area (Å²) in [5.41, 5.74) is 1.90. The second-order valence-corrected chi connectivity index (χ2v) is 9.19. The molecule has 0 radical (unpaired) electrons. The summed E-state index contributed by atoms with van der Waals surface area (Å²) in [5, 5.41) is 4.43. The van der Waals surface area contributed by atoms with Crippen LogP contribution in [0.3, 0.4) is 0 Å². The molecule has 1 aromatic carbocycles. The van der Waals surface area contributed by atoms with E-state index in [0.29, 0.717) is 46.8 Å². The minimum absolute atomic E-state index is 0.114. The van der Waals surface area contributed by atoms with Gasteiger partial charge in [0.2, 0.25) is 0 Å². The van der Waals surface area contributed by atoms with Gasteiger partial charge >= 0.3 is 10.1 Å². The van der Waals surface area contributed by atoms with Gasteiger partial charge in [-0.1, -0.05) is 13.3 Å². The number of nitrogens with zero attached hydrogens (tertiary/aromatic N) is 4. The molecule has 0 bridgehead atoms. The Bertz CT molecular complexity index is 1520. The zero-order valence-electron chi connectivity index (χ0n) is 19.3. The predicted octanol–water partition coefficient (Wildman–Crippen LogP) is 3.15. The van der Waals surface area contributed by atoms with Crippen molar-refractivity contribution in [1.29, 1.82) is 0 Å². The normalized spacial score (nSPS) is 11.6. The Morgan fingerprint density at radius 2 is 1.94 bits per heavy atom. The molecular formula is C23H25N5O5S. The Morgan fingerprint density at radius 1 is 1.15 bits per heavy atom. The van der Waals surface area contributed by atoms with Crippen molar-refractivity contribution >= 4 is 21.2 Å². The first-order valence-electron chi connectivity index (χ1n) is 10.8. The zero-order chi connectivity index (χ0) is 24.5. The lowest BCUT2D eigenvalue weighted by Crippen LogP contribution is -2.14. The number of benzene rings is 1. The fraction of sp³-hybridized carbons (Fsp3) is 0.304. The molecular weight excluding hydrogens is 458 g/mol. The van der Waals surface area contributed by atoms with Crippen molar-refractivity contribution in [3.05, 3.63) is 58.3 Å². The van der Waals surface area contributed by atoms with E-state index in [1.165, 1.54) is 28.9 Å². The van der Waals surface area contributed by atoms with E-state index < -0.39 is 10.1 Å². The standard InChI is InChI=1S/C23H25N5O5S/c1-5-8-17-20-21(28(4)27-17)23(29)26-22(25-20)16-13-15(10-11-19(16)32-6-2)34(30,31)33-18-9-7-12-24-14(18)3/h7,9-13H,5-6,8H2,1-4H3,(H,25,26,29). The minimum Gasteiger partial charge on any atom is -0.493 e. The van der Waals surface area contributed by atoms with Gasteiger partial charge in [0.15, 0.2) is 11.3 Å². The van der Waals surface area contributed by atoms with Crippen LogP contribution in [0.5, 0.6) is 11.5 Å². The molecule has 3 heterocycles. The zero-order valence-corrected chi connectivity index (χ0v) is 20.1. The summed E-state index contributed by atoms with van der Waals surface area (Å²) in [6.07, 6.45) is 3.03. The summed E-state index contributed by atoms with van der Waals surface area (Å²) < 4.78 is 38.6. The van der Waals surface area contributed by atoms with Crippen molar-refractivity contribution in [1.82, 2.24) is 24.7 Å². The summed E-state index contributed by atoms with van der Waals surface area (Å²) in [7, 11) is -2.51. The SMILES string of the molecule is CCCc1nn(C)c2c(=O)[nH]c(-c3cc(S(=O)(=O)Oc4cccnc4C)ccc3OCC)nc12. The van der Waals surface area contributed by atoms with Gasteiger partial charge in [-0.3, -0.25) is 14.5 Å². The molecule has 0 saturated carbocycles. The second kappa shape index (κ2) is 9.26. The third-order valence-corrected chi connectivity index (χ3v) is 6.43. The fourth-order valence-corrected chi connectivity index (χ4v) is 4.64. The van der Waals surface area contributed by atoms with Gasteiger partial charge in [0, 0.05) is 13.2 Å². The van der Waals surface area contributed by atoms with Gasteiger partial charge in [-0.2, -0.15) is 13.5 Å². The van der Waals surface area contributed by atoms with E-state index in [0.717, 1.165) is 6.42 Å². The molecule has 0 unspecified atom stereocenters. The third-order valence-electron chi connectivity index (χ3n) is 5.20. The Labute approximate surface area is 196 Å². The Kier molecular flexibility index (Phi) is 6.38. The smallest absolute Gasteiger partial charge is 0.339 e. The van der Waals surface area contributed by atoms with Gasteiger partial charge < -0.3 is 13.9 Å². The van der Waals surface area contributed by atoms with Crippen LogP contribution in [0.25, 0.3) is 22.4 Å². The first-order valence-corrected chi connectivity index (χ1v) is 12.2. The number of nitrogens with one attached hydrogen (secondary N) is 1. The molecule has 4 rings (SSSR count). The molecule has 0 aliphatic carbocycles. The van der Waals surface area contributed by atoms with Gasteiger partial charge in [0.1, 0.15) is 22.0 Å². The van der Waals surface area contributed by atoms with E-state index in [1.807, 2.05) is 13.8 Å². The highest BCUT2D eigenvalue weighted by molar-refractivity contribution is 7.87. The fourth-order valence-electron chi connectivity index (χ4n) is 3.63. The minimum atomic E-state index is -4.20. The lowest BCUT2D eigenvalue weighted by atomic mass is 10.1. The van der Waals surface area contributed by atoms with Crippen LogP contribution in [-0.2, 0) is 23.6 Å². The maximum Gasteiger partial charge on any atom is 0.339 e. The predicted molar refractivity (Wildman–Crippen MR) is 127 cm³/mol. The van der Waals surface area contributed by atoms with Crippen molar-refractivity contribution in [2.45, 2.75) is 38.5 Å². The first-order chi connectivity index (χ1) is 16.2. The number of hydrogen-bond acceptors (Lipinski definition) is 8. The number of aryl methyl sites for hydroxylation is 3. The highest BCUT2D eigenvalue weighted by atomic mass is 32.2. The molecule has 11 heteroatoms. The molecule has 178 valence electrons. The third kappa shape index (κ3) is 4.38. The maximum atomic E-state index is 13.0. The number of aromatic amines is 1. The largest absolute Gasteiger partial charge is 0.493 e. The van der Waals surface area contributed by atoms with Crippen molar-refractivity contribution in [3.8, 4) is 22.9 Å². The van der Waals surface area contributed by atoms with Crippen LogP contribution in [0.2, 0.25) is 0 Å². The van der Waals surface area contributed by atoms with Crippen LogP contribution in [0.15, 0.2) is 46.2 Å². The molecule has 1 N–H and O–H groups in total. The summed E-state index contributed by atoms with van der Waals surface area (Å²) >= 11 is 0. The molecule has 0 saturated heterocycles. The van der Waals surface area contributed by atoms with E-state index in [-0.39, 0.29) is 22.0 Å². The Balaban J connectivity index is 1.87. The van der Waals surface area contributed by atoms with Crippen LogP contribution < -0.4 is 14.5 Å². The van der Waals surface area contributed by atoms with E-state index in [9.17, 15) is 13.2 Å². The maximum absolute atomic E-state index is 13.0. The summed E-state index contributed by atoms with van der Waals surface area (Å²) in [6, 6.07) is 7.41. The van der Waals surface area contributed by atoms with Gasteiger partial charge in [-0.15, -0.1) is 0 Å². The van der Waals surface area contributed by atoms with Gasteiger partial charge in [-0.05, 0) is 50.6 Å². The van der Waals surface area contributed by atoms with Crippen LogP contribution in [0.4, 0.5) is 0 Å². The molecule has 0 aliphatic rings. The van der Waals surface area contributed by atoms with E-state index in [1.54, 1.807) is 26.2 Å². The second-order valence-electron chi connectivity index (χ2n) is 7.65. The molecule has 0 amide bonds. The van der Waals surface area contributed by atoms with E-state index >= 15 is 0 Å². The highest BCUT2D eigenvalue weighted by Gasteiger charge is 2.23. The Morgan fingerprint density at radius 3 is 2.65 bits per heavy atom. The topological polar surface area (TPSA) is 129 Å². The van der Waals surface area contributed by atoms with Crippen LogP contribution in [0.1, 0.15) is 31.7 Å². The molecule has 0 fully saturated rings. The van der Waals surface area contributed by atoms with Crippen LogP contribution >= 0.6 is 0 Å². The summed E-state index contributed by atoms with van der Waals surface area (Å²) in [6.45, 7) is 5.81. The van der Waals surface area contributed by atoms with Crippen LogP contribution in [0, 0.1) is 6.92 Å². The van der Waals surface area contributed by atoms with Crippen LogP contribution in [-0.4, -0.2) is 39.8 Å². The summed E-state index contributed by atoms with van der Waals surface area (Å²) in [5.74, 6) is 0.689. The quantitative estimate of drug-likeness (QED) is 0.379. The van der Waals surface area contributed by atoms with E-state index in [2.05, 4.69) is 20.1 Å². The van der Waals surface area contributed by atoms with Crippen molar-refractivity contribution < 1.29 is 17.3 Å². The average Bonchev–Trinajstić information content (AvgIpc) is 3.11. The molecule has 0 spiro atoms. The van der Waals surface area contributed by atoms with Crippen molar-refractivity contribution in [3.63, 3.8) is 0 Å². The average molecular weight is 484 g/mol. The molecule has 4 aromatic rings. The number of hydrogen-bond donors (Lipinski definition) is 1. The number of pyridine rings is 1. The molecule has 34 heavy (non-hydrogen) atoms. The van der Waals surface area contributed by atoms with Gasteiger partial charge in [0.25, 0.3) is 5.56 Å². The number of fused-ring (bicyclic) bond motifs is 1. The van der Waals surface area contributed by atoms with Gasteiger partial charge in [0.05, 0.1) is 23.6 Å². The lowest BCUT2D eigenvalue weighted by Gasteiger charge is -2.13. The number of aromatic nitrogens is 5. The molecule has 10 nitrogen and oxygen atoms in total. The molecule has 3 aromatic heterocycles. The van der Waals surface area contributed by atoms with Crippen molar-refractivity contribution in [2.24, 2.45) is 7.05 Å². The lowest BCUT2D eigenvalue weighted by molar-refractivity contribution is 0.341. The molecule has 0 aliphatic heterocycles. The number of H-pyrrole nitrogens is 1. The highest BCUT2D eigenvalue weighted by Crippen LogP contribution is 2.32. The Hall–Kier alpha value is -3.73. The number of rotatable bonds is 8.